The first-order chi connectivity index (χ1) is 41.8. The molecule has 12 atom stereocenters. The van der Waals surface area contributed by atoms with E-state index in [1.807, 2.05) is 0 Å². The number of unbranched alkanes of at least 4 members (excludes halogenated alkanes) is 32. The van der Waals surface area contributed by atoms with E-state index in [-0.39, 0.29) is 32.3 Å². The van der Waals surface area contributed by atoms with Crippen LogP contribution in [0.3, 0.4) is 0 Å². The molecule has 5 N–H and O–H groups in total. The Labute approximate surface area is 523 Å². The van der Waals surface area contributed by atoms with Crippen LogP contribution < -0.4 is 0 Å². The molecule has 0 saturated carbocycles. The summed E-state index contributed by atoms with van der Waals surface area (Å²) in [5.41, 5.74) is 0. The molecule has 2 aliphatic heterocycles. The maximum atomic E-state index is 14.0. The van der Waals surface area contributed by atoms with Crippen molar-refractivity contribution < 1.29 is 81.6 Å². The number of ether oxygens (including phenoxy) is 9. The average Bonchev–Trinajstić information content (AvgIpc) is 1.22. The molecule has 0 aromatic heterocycles. The van der Waals surface area contributed by atoms with E-state index in [0.717, 1.165) is 135 Å². The van der Waals surface area contributed by atoms with Crippen LogP contribution in [-0.2, 0) is 56.5 Å². The smallest absolute Gasteiger partial charge is 0.454 e. The lowest BCUT2D eigenvalue weighted by atomic mass is 9.97. The van der Waals surface area contributed by atoms with Crippen molar-refractivity contribution in [3.05, 3.63) is 12.2 Å². The molecule has 2 saturated heterocycles. The molecule has 510 valence electrons. The van der Waals surface area contributed by atoms with Crippen LogP contribution in [-0.4, -0.2) is 152 Å². The van der Waals surface area contributed by atoms with Gasteiger partial charge in [0.2, 0.25) is 0 Å². The summed E-state index contributed by atoms with van der Waals surface area (Å²) in [5, 5.41) is 34.7. The van der Waals surface area contributed by atoms with Gasteiger partial charge in [-0.1, -0.05) is 239 Å². The summed E-state index contributed by atoms with van der Waals surface area (Å²) in [6, 6.07) is 0. The highest BCUT2D eigenvalue weighted by Gasteiger charge is 2.53. The van der Waals surface area contributed by atoms with Gasteiger partial charge in [-0.25, -0.2) is 4.57 Å². The minimum absolute atomic E-state index is 0.0569. The molecule has 0 bridgehead atoms. The summed E-state index contributed by atoms with van der Waals surface area (Å²) in [5.74, 6) is -0.577. The van der Waals surface area contributed by atoms with E-state index in [1.54, 1.807) is 7.11 Å². The second-order valence-electron chi connectivity index (χ2n) is 24.8. The molecule has 1 unspecified atom stereocenters. The van der Waals surface area contributed by atoms with E-state index in [1.165, 1.54) is 110 Å². The highest BCUT2D eigenvalue weighted by Crippen LogP contribution is 2.43. The summed E-state index contributed by atoms with van der Waals surface area (Å²) < 4.78 is 73.8. The fraction of sp³-hybridized carbons (Fsp3) is 0.956. The molecule has 0 spiro atoms. The summed E-state index contributed by atoms with van der Waals surface area (Å²) in [6.07, 6.45) is 34.9. The van der Waals surface area contributed by atoms with Crippen molar-refractivity contribution in [2.24, 2.45) is 0 Å². The van der Waals surface area contributed by atoms with E-state index in [9.17, 15) is 34.5 Å². The van der Waals surface area contributed by atoms with E-state index < -0.39 is 87.9 Å². The van der Waals surface area contributed by atoms with Gasteiger partial charge < -0.3 is 67.7 Å². The van der Waals surface area contributed by atoms with E-state index in [4.69, 9.17) is 47.2 Å². The standard InChI is InChI=1S/C68H131O17P/c1-7-11-15-19-22-25-27-28-29-30-31-33-36-40-44-48-60(70)84-66-64(79-53-50-57(77-6)47-43-38-18-14-10-4)62(85-86(73,74)75)59(54-76-5)83-68(66)81-55-58-61(71)63(78-51-45-41-37-34-26-23-20-16-12-8-2)65(67(72)82-58)80-52-49-56(69)46-42-39-35-32-24-21-17-13-9-3/h25,27,56-59,61-69,71-72H,7-24,26,28-55H2,1-6H3,(H2,73,74,75)/t56-,57-,58-,59-,61-,62-,63+,64+,65-,66-,67?,68-/m1/s1. The third-order valence-electron chi connectivity index (χ3n) is 17.1. The van der Waals surface area contributed by atoms with Crippen molar-refractivity contribution >= 4 is 13.8 Å². The molecule has 0 aliphatic carbocycles. The zero-order chi connectivity index (χ0) is 62.7. The molecular formula is C68H131O17P. The second-order valence-corrected chi connectivity index (χ2v) is 26.0. The zero-order valence-electron chi connectivity index (χ0n) is 55.4. The van der Waals surface area contributed by atoms with Crippen LogP contribution in [0.5, 0.6) is 0 Å². The normalized spacial score (nSPS) is 23.6. The van der Waals surface area contributed by atoms with Crippen molar-refractivity contribution in [3.63, 3.8) is 0 Å². The van der Waals surface area contributed by atoms with Gasteiger partial charge in [0.1, 0.15) is 42.7 Å². The number of phosphoric ester groups is 1. The summed E-state index contributed by atoms with van der Waals surface area (Å²) in [6.45, 7) is 8.74. The molecule has 0 amide bonds. The maximum Gasteiger partial charge on any atom is 0.470 e. The minimum Gasteiger partial charge on any atom is -0.454 e. The van der Waals surface area contributed by atoms with Crippen LogP contribution >= 0.6 is 7.82 Å². The number of aliphatic hydroxyl groups is 3. The van der Waals surface area contributed by atoms with Crippen molar-refractivity contribution in [2.75, 3.05) is 47.3 Å². The topological polar surface area (TPSA) is 228 Å². The molecule has 18 heteroatoms. The summed E-state index contributed by atoms with van der Waals surface area (Å²) >= 11 is 0. The zero-order valence-corrected chi connectivity index (χ0v) is 56.3. The monoisotopic (exact) mass is 1250 g/mol. The molecule has 17 nitrogen and oxygen atoms in total. The molecule has 2 rings (SSSR count). The van der Waals surface area contributed by atoms with Gasteiger partial charge in [-0.2, -0.15) is 0 Å². The van der Waals surface area contributed by atoms with Gasteiger partial charge in [0.05, 0.1) is 25.4 Å². The first-order valence-corrected chi connectivity index (χ1v) is 36.8. The molecule has 0 aromatic carbocycles. The Morgan fingerprint density at radius 1 is 0.477 bits per heavy atom. The Bertz CT molecular complexity index is 1610. The van der Waals surface area contributed by atoms with Gasteiger partial charge in [0.25, 0.3) is 0 Å². The summed E-state index contributed by atoms with van der Waals surface area (Å²) in [4.78, 5) is 34.5. The number of allylic oxidation sites excluding steroid dienone is 2. The predicted molar refractivity (Wildman–Crippen MR) is 342 cm³/mol. The Balaban J connectivity index is 2.29. The molecule has 2 fully saturated rings. The lowest BCUT2D eigenvalue weighted by molar-refractivity contribution is -0.335. The molecule has 0 radical (unpaired) electrons. The van der Waals surface area contributed by atoms with Gasteiger partial charge in [-0.05, 0) is 64.2 Å². The Morgan fingerprint density at radius 3 is 1.48 bits per heavy atom. The number of carbonyl (C=O) groups excluding carboxylic acids is 1. The van der Waals surface area contributed by atoms with Gasteiger partial charge in [-0.3, -0.25) is 9.32 Å². The minimum atomic E-state index is -5.20. The van der Waals surface area contributed by atoms with Crippen molar-refractivity contribution in [2.45, 2.75) is 371 Å². The van der Waals surface area contributed by atoms with Crippen LogP contribution in [0.25, 0.3) is 0 Å². The number of carbonyl (C=O) groups is 1. The quantitative estimate of drug-likeness (QED) is 0.0165. The van der Waals surface area contributed by atoms with Gasteiger partial charge >= 0.3 is 13.8 Å². The third kappa shape index (κ3) is 40.0. The Kier molecular flexibility index (Phi) is 51.3. The molecule has 0 aromatic rings. The highest BCUT2D eigenvalue weighted by molar-refractivity contribution is 7.46. The van der Waals surface area contributed by atoms with Gasteiger partial charge in [0.15, 0.2) is 18.7 Å². The average molecular weight is 1250 g/mol. The molecular weight excluding hydrogens is 1120 g/mol. The lowest BCUT2D eigenvalue weighted by Gasteiger charge is -2.46. The van der Waals surface area contributed by atoms with Crippen LogP contribution in [0.1, 0.15) is 297 Å². The van der Waals surface area contributed by atoms with Crippen molar-refractivity contribution in [3.8, 4) is 0 Å². The highest BCUT2D eigenvalue weighted by atomic mass is 31.2. The number of esters is 1. The van der Waals surface area contributed by atoms with E-state index in [2.05, 4.69) is 39.8 Å². The molecule has 86 heavy (non-hydrogen) atoms. The first-order valence-electron chi connectivity index (χ1n) is 35.2. The lowest BCUT2D eigenvalue weighted by Crippen LogP contribution is -2.63. The number of rotatable bonds is 60. The van der Waals surface area contributed by atoms with Crippen molar-refractivity contribution in [1.82, 2.24) is 0 Å². The molecule has 2 heterocycles. The van der Waals surface area contributed by atoms with Crippen molar-refractivity contribution in [1.29, 1.82) is 0 Å². The number of hydrogen-bond acceptors (Lipinski definition) is 15. The third-order valence-corrected chi connectivity index (χ3v) is 17.6. The second kappa shape index (κ2) is 54.4. The van der Waals surface area contributed by atoms with Crippen LogP contribution in [0.15, 0.2) is 12.2 Å². The summed E-state index contributed by atoms with van der Waals surface area (Å²) in [7, 11) is -2.14. The van der Waals surface area contributed by atoms with Gasteiger partial charge in [-0.15, -0.1) is 0 Å². The Morgan fingerprint density at radius 2 is 0.942 bits per heavy atom. The van der Waals surface area contributed by atoms with Crippen LogP contribution in [0.4, 0.5) is 0 Å². The SMILES string of the molecule is CCCCCCC=CCCCCCCCCCC(=O)O[C@H]1[C@H](OC[C@H]2OC(O)[C@H](OCC[C@H](O)CCCCCCCCCCC)[C@@H](OCCCCCCCCCCCC)[C@@H]2O)O[C@H](COC)[C@@H](OP(=O)(O)O)[C@@H]1OCC[C@@H](CCCCCCC)OC. The predicted octanol–water partition coefficient (Wildman–Crippen LogP) is 15.4. The van der Waals surface area contributed by atoms with Crippen LogP contribution in [0.2, 0.25) is 0 Å². The number of phosphoric acid groups is 1. The largest absolute Gasteiger partial charge is 0.470 e. The van der Waals surface area contributed by atoms with Crippen LogP contribution in [0, 0.1) is 0 Å². The number of hydrogen-bond donors (Lipinski definition) is 5. The van der Waals surface area contributed by atoms with Gasteiger partial charge in [0, 0.05) is 40.5 Å². The fourth-order valence-corrected chi connectivity index (χ4v) is 12.3. The van der Waals surface area contributed by atoms with E-state index >= 15 is 0 Å². The maximum absolute atomic E-state index is 14.0. The number of methoxy groups -OCH3 is 2. The fourth-order valence-electron chi connectivity index (χ4n) is 11.7. The Hall–Kier alpha value is -1.12. The van der Waals surface area contributed by atoms with E-state index in [0.29, 0.717) is 32.3 Å². The first kappa shape index (κ1) is 81.0. The molecule has 2 aliphatic rings. The number of aliphatic hydroxyl groups excluding tert-OH is 3.